The fourth-order valence-corrected chi connectivity index (χ4v) is 7.50. The highest BCUT2D eigenvalue weighted by Gasteiger charge is 2.18. The van der Waals surface area contributed by atoms with Gasteiger partial charge in [0.05, 0.1) is 0 Å². The molecular weight excluding hydrogens is 513 g/mol. The van der Waals surface area contributed by atoms with Gasteiger partial charge in [0.2, 0.25) is 0 Å². The maximum Gasteiger partial charge on any atom is 0.0279 e. The van der Waals surface area contributed by atoms with Crippen LogP contribution in [0.2, 0.25) is 0 Å². The van der Waals surface area contributed by atoms with E-state index in [-0.39, 0.29) is 0 Å². The molecule has 0 spiro atoms. The lowest BCUT2D eigenvalue weighted by Gasteiger charge is -2.19. The number of hydrogen-bond donors (Lipinski definition) is 0. The molecule has 8 rings (SSSR count). The lowest BCUT2D eigenvalue weighted by molar-refractivity contribution is 1.47. The second-order valence-corrected chi connectivity index (χ2v) is 11.5. The van der Waals surface area contributed by atoms with E-state index in [1.807, 2.05) is 11.8 Å². The summed E-state index contributed by atoms with van der Waals surface area (Å²) in [5, 5.41) is 10.3. The Morgan fingerprint density at radius 2 is 0.659 bits per heavy atom. The monoisotopic (exact) mass is 538 g/mol. The number of benzene rings is 8. The van der Waals surface area contributed by atoms with E-state index in [4.69, 9.17) is 0 Å². The van der Waals surface area contributed by atoms with Crippen molar-refractivity contribution in [1.29, 1.82) is 0 Å². The van der Waals surface area contributed by atoms with Gasteiger partial charge < -0.3 is 0 Å². The predicted octanol–water partition coefficient (Wildman–Crippen LogP) is 11.8. The van der Waals surface area contributed by atoms with Crippen LogP contribution in [-0.2, 0) is 0 Å². The Morgan fingerprint density at radius 3 is 1.12 bits per heavy atom. The van der Waals surface area contributed by atoms with Gasteiger partial charge in [0, 0.05) is 9.79 Å². The molecule has 0 aliphatic carbocycles. The highest BCUT2D eigenvalue weighted by atomic mass is 32.2. The van der Waals surface area contributed by atoms with Gasteiger partial charge in [-0.25, -0.2) is 0 Å². The Bertz CT molecular complexity index is 2050. The summed E-state index contributed by atoms with van der Waals surface area (Å²) in [6, 6.07) is 57.4. The van der Waals surface area contributed by atoms with Crippen molar-refractivity contribution in [3.63, 3.8) is 0 Å². The van der Waals surface area contributed by atoms with Gasteiger partial charge in [0.25, 0.3) is 0 Å². The molecule has 0 unspecified atom stereocenters. The first-order valence-corrected chi connectivity index (χ1v) is 14.8. The average Bonchev–Trinajstić information content (AvgIpc) is 3.05. The fourth-order valence-electron chi connectivity index (χ4n) is 6.13. The normalized spacial score (nSPS) is 11.5. The molecule has 0 N–H and O–H groups in total. The van der Waals surface area contributed by atoms with Crippen molar-refractivity contribution >= 4 is 54.9 Å². The smallest absolute Gasteiger partial charge is 0.0279 e. The molecule has 0 radical (unpaired) electrons. The van der Waals surface area contributed by atoms with E-state index in [0.29, 0.717) is 0 Å². The zero-order valence-corrected chi connectivity index (χ0v) is 23.2. The van der Waals surface area contributed by atoms with E-state index in [1.54, 1.807) is 0 Å². The van der Waals surface area contributed by atoms with Crippen LogP contribution in [0.3, 0.4) is 0 Å². The summed E-state index contributed by atoms with van der Waals surface area (Å²) in [6.07, 6.45) is 0. The first kappa shape index (κ1) is 24.0. The van der Waals surface area contributed by atoms with Crippen molar-refractivity contribution in [2.75, 3.05) is 0 Å². The molecule has 41 heavy (non-hydrogen) atoms. The van der Waals surface area contributed by atoms with Crippen molar-refractivity contribution in [2.24, 2.45) is 0 Å². The largest absolute Gasteiger partial charge is 0.0875 e. The minimum atomic E-state index is 1.23. The molecule has 0 amide bonds. The summed E-state index contributed by atoms with van der Waals surface area (Å²) in [5.41, 5.74) is 4.99. The maximum atomic E-state index is 2.31. The second-order valence-electron chi connectivity index (χ2n) is 10.5. The molecule has 0 aromatic heterocycles. The summed E-state index contributed by atoms with van der Waals surface area (Å²) in [7, 11) is 0. The highest BCUT2D eigenvalue weighted by Crippen LogP contribution is 2.48. The van der Waals surface area contributed by atoms with Crippen molar-refractivity contribution in [1.82, 2.24) is 0 Å². The zero-order valence-electron chi connectivity index (χ0n) is 22.4. The molecular formula is C40H26S. The Morgan fingerprint density at radius 1 is 0.268 bits per heavy atom. The molecule has 0 saturated carbocycles. The van der Waals surface area contributed by atoms with Gasteiger partial charge in [-0.15, -0.1) is 0 Å². The molecule has 0 atom stereocenters. The van der Waals surface area contributed by atoms with Crippen LogP contribution in [0.15, 0.2) is 168 Å². The van der Waals surface area contributed by atoms with Gasteiger partial charge in [-0.05, 0) is 65.3 Å². The lowest BCUT2D eigenvalue weighted by atomic mass is 9.97. The Hall–Kier alpha value is -4.85. The molecule has 0 bridgehead atoms. The van der Waals surface area contributed by atoms with Crippen molar-refractivity contribution in [2.45, 2.75) is 9.79 Å². The van der Waals surface area contributed by atoms with E-state index in [9.17, 15) is 0 Å². The minimum Gasteiger partial charge on any atom is -0.0875 e. The fraction of sp³-hybridized carbons (Fsp3) is 0. The van der Waals surface area contributed by atoms with Crippen LogP contribution in [0.4, 0.5) is 0 Å². The number of hydrogen-bond acceptors (Lipinski definition) is 1. The van der Waals surface area contributed by atoms with Gasteiger partial charge in [-0.1, -0.05) is 169 Å². The standard InChI is InChI=1S/C40H26S/c1-3-11-27(12-4-1)33-23-25-35-31-17-9-7-15-29(31)19-21-37(35)39(33)41-40-34(28-13-5-2-6-14-28)24-26-36-32-18-10-8-16-30(32)20-22-38(36)40/h1-26H. The molecule has 1 heteroatoms. The Labute approximate surface area is 243 Å². The SMILES string of the molecule is c1ccc(-c2ccc3c(ccc4ccccc43)c2Sc2c(-c3ccccc3)ccc3c2ccc2ccccc23)cc1. The summed E-state index contributed by atoms with van der Waals surface area (Å²) < 4.78 is 0. The molecule has 0 heterocycles. The van der Waals surface area contributed by atoms with Crippen LogP contribution in [0.25, 0.3) is 65.3 Å². The van der Waals surface area contributed by atoms with Gasteiger partial charge in [0.15, 0.2) is 0 Å². The highest BCUT2D eigenvalue weighted by molar-refractivity contribution is 8.00. The van der Waals surface area contributed by atoms with E-state index in [2.05, 4.69) is 158 Å². The Balaban J connectivity index is 1.46. The predicted molar refractivity (Wildman–Crippen MR) is 178 cm³/mol. The summed E-state index contributed by atoms with van der Waals surface area (Å²) in [5.74, 6) is 0. The number of rotatable bonds is 4. The summed E-state index contributed by atoms with van der Waals surface area (Å²) in [4.78, 5) is 2.58. The van der Waals surface area contributed by atoms with Gasteiger partial charge in [-0.2, -0.15) is 0 Å². The molecule has 0 aliphatic rings. The van der Waals surface area contributed by atoms with Crippen LogP contribution < -0.4 is 0 Å². The second kappa shape index (κ2) is 9.96. The summed E-state index contributed by atoms with van der Waals surface area (Å²) >= 11 is 1.91. The van der Waals surface area contributed by atoms with Crippen LogP contribution in [0.1, 0.15) is 0 Å². The first-order chi connectivity index (χ1) is 20.3. The van der Waals surface area contributed by atoms with E-state index in [1.165, 1.54) is 75.1 Å². The van der Waals surface area contributed by atoms with Gasteiger partial charge in [-0.3, -0.25) is 0 Å². The summed E-state index contributed by atoms with van der Waals surface area (Å²) in [6.45, 7) is 0. The van der Waals surface area contributed by atoms with E-state index < -0.39 is 0 Å². The third-order valence-corrected chi connectivity index (χ3v) is 9.41. The lowest BCUT2D eigenvalue weighted by Crippen LogP contribution is -1.91. The first-order valence-electron chi connectivity index (χ1n) is 14.0. The third-order valence-electron chi connectivity index (χ3n) is 8.13. The number of fused-ring (bicyclic) bond motifs is 6. The maximum absolute atomic E-state index is 2.31. The van der Waals surface area contributed by atoms with E-state index >= 15 is 0 Å². The molecule has 0 fully saturated rings. The quantitative estimate of drug-likeness (QED) is 0.201. The molecule has 8 aromatic rings. The topological polar surface area (TPSA) is 0 Å². The van der Waals surface area contributed by atoms with Crippen molar-refractivity contribution in [3.05, 3.63) is 158 Å². The third kappa shape index (κ3) is 4.09. The van der Waals surface area contributed by atoms with Gasteiger partial charge in [0.1, 0.15) is 0 Å². The molecule has 0 aliphatic heterocycles. The van der Waals surface area contributed by atoms with Crippen LogP contribution in [0.5, 0.6) is 0 Å². The molecule has 0 saturated heterocycles. The molecule has 0 nitrogen and oxygen atoms in total. The van der Waals surface area contributed by atoms with Crippen molar-refractivity contribution < 1.29 is 0 Å². The van der Waals surface area contributed by atoms with Crippen LogP contribution >= 0.6 is 11.8 Å². The molecule has 192 valence electrons. The minimum absolute atomic E-state index is 1.23. The Kier molecular flexibility index (Phi) is 5.83. The zero-order chi connectivity index (χ0) is 27.2. The molecule has 8 aromatic carbocycles. The average molecular weight is 539 g/mol. The van der Waals surface area contributed by atoms with Crippen LogP contribution in [0, 0.1) is 0 Å². The van der Waals surface area contributed by atoms with Gasteiger partial charge >= 0.3 is 0 Å². The van der Waals surface area contributed by atoms with E-state index in [0.717, 1.165) is 0 Å². The van der Waals surface area contributed by atoms with Crippen molar-refractivity contribution in [3.8, 4) is 22.3 Å². The van der Waals surface area contributed by atoms with Crippen LogP contribution in [-0.4, -0.2) is 0 Å².